The second-order valence-electron chi connectivity index (χ2n) is 7.14. The molecule has 1 aromatic carbocycles. The fraction of sp³-hybridized carbons (Fsp3) is 0.261. The topological polar surface area (TPSA) is 66.8 Å². The normalized spacial score (nSPS) is 18.4. The van der Waals surface area contributed by atoms with Crippen LogP contribution in [0.5, 0.6) is 0 Å². The minimum atomic E-state index is -0.275. The Morgan fingerprint density at radius 2 is 1.97 bits per heavy atom. The molecule has 1 saturated heterocycles. The molecule has 2 heterocycles. The van der Waals surface area contributed by atoms with Crippen LogP contribution in [0.25, 0.3) is 6.08 Å². The Labute approximate surface area is 180 Å². The van der Waals surface area contributed by atoms with Crippen LogP contribution in [0.15, 0.2) is 70.7 Å². The van der Waals surface area contributed by atoms with Crippen molar-refractivity contribution in [3.05, 3.63) is 81.8 Å². The quantitative estimate of drug-likeness (QED) is 0.586. The van der Waals surface area contributed by atoms with Crippen molar-refractivity contribution in [2.75, 3.05) is 26.3 Å². The summed E-state index contributed by atoms with van der Waals surface area (Å²) in [5.74, 6) is -0.275. The largest absolute Gasteiger partial charge is 0.378 e. The molecule has 0 atom stereocenters. The highest BCUT2D eigenvalue weighted by Crippen LogP contribution is 2.35. The number of nitrogens with zero attached hydrogens (tertiary/aromatic N) is 3. The number of ether oxygens (including phenoxy) is 1. The average Bonchev–Trinajstić information content (AvgIpc) is 3.18. The monoisotopic (exact) mass is 422 g/mol. The van der Waals surface area contributed by atoms with Crippen LogP contribution in [0.3, 0.4) is 0 Å². The zero-order valence-electron chi connectivity index (χ0n) is 16.6. The standard InChI is InChI=1S/C23H23ClN4O2/c24-21-7-3-17(4-8-21)14-18-5-6-19(22(18)28-10-12-30-13-11-28)16-26-27-23(29)20-2-1-9-25-15-20/h1-4,7-9,14-16H,5-6,10-13H2,(H,27,29)/b18-14+,26-16-. The summed E-state index contributed by atoms with van der Waals surface area (Å²) in [6, 6.07) is 11.3. The molecule has 1 fully saturated rings. The molecule has 2 aliphatic rings. The second kappa shape index (κ2) is 9.69. The van der Waals surface area contributed by atoms with E-state index in [1.54, 1.807) is 24.5 Å². The molecule has 1 aromatic heterocycles. The van der Waals surface area contributed by atoms with Crippen molar-refractivity contribution in [3.63, 3.8) is 0 Å². The lowest BCUT2D eigenvalue weighted by atomic mass is 10.1. The van der Waals surface area contributed by atoms with E-state index in [9.17, 15) is 4.79 Å². The minimum absolute atomic E-state index is 0.275. The fourth-order valence-electron chi connectivity index (χ4n) is 3.66. The number of hydrazone groups is 1. The van der Waals surface area contributed by atoms with E-state index < -0.39 is 0 Å². The van der Waals surface area contributed by atoms with E-state index >= 15 is 0 Å². The van der Waals surface area contributed by atoms with Gasteiger partial charge in [0, 0.05) is 36.2 Å². The first-order chi connectivity index (χ1) is 14.7. The van der Waals surface area contributed by atoms with Crippen LogP contribution >= 0.6 is 11.6 Å². The predicted molar refractivity (Wildman–Crippen MR) is 118 cm³/mol. The number of hydrogen-bond acceptors (Lipinski definition) is 5. The first kappa shape index (κ1) is 20.3. The van der Waals surface area contributed by atoms with Gasteiger partial charge in [-0.05, 0) is 59.9 Å². The van der Waals surface area contributed by atoms with Gasteiger partial charge in [0.15, 0.2) is 0 Å². The number of aromatic nitrogens is 1. The Hall–Kier alpha value is -2.96. The number of carbonyl (C=O) groups excluding carboxylic acids is 1. The predicted octanol–water partition coefficient (Wildman–Crippen LogP) is 3.91. The van der Waals surface area contributed by atoms with E-state index in [-0.39, 0.29) is 5.91 Å². The summed E-state index contributed by atoms with van der Waals surface area (Å²) in [4.78, 5) is 18.5. The van der Waals surface area contributed by atoms with Gasteiger partial charge in [0.2, 0.25) is 0 Å². The maximum atomic E-state index is 12.2. The molecule has 0 radical (unpaired) electrons. The third-order valence-corrected chi connectivity index (χ3v) is 5.37. The maximum Gasteiger partial charge on any atom is 0.272 e. The maximum absolute atomic E-state index is 12.2. The second-order valence-corrected chi connectivity index (χ2v) is 7.57. The van der Waals surface area contributed by atoms with Crippen molar-refractivity contribution >= 4 is 29.8 Å². The van der Waals surface area contributed by atoms with E-state index in [2.05, 4.69) is 26.5 Å². The van der Waals surface area contributed by atoms with Crippen LogP contribution < -0.4 is 5.43 Å². The van der Waals surface area contributed by atoms with Gasteiger partial charge in [-0.3, -0.25) is 9.78 Å². The van der Waals surface area contributed by atoms with Gasteiger partial charge >= 0.3 is 0 Å². The van der Waals surface area contributed by atoms with Crippen LogP contribution in [-0.2, 0) is 4.74 Å². The first-order valence-corrected chi connectivity index (χ1v) is 10.3. The third-order valence-electron chi connectivity index (χ3n) is 5.12. The van der Waals surface area contributed by atoms with Crippen LogP contribution in [0.2, 0.25) is 5.02 Å². The van der Waals surface area contributed by atoms with Crippen LogP contribution in [0, 0.1) is 0 Å². The number of halogens is 1. The Bertz CT molecular complexity index is 978. The van der Waals surface area contributed by atoms with E-state index in [4.69, 9.17) is 16.3 Å². The Morgan fingerprint density at radius 3 is 2.70 bits per heavy atom. The molecule has 0 unspecified atom stereocenters. The van der Waals surface area contributed by atoms with Gasteiger partial charge in [-0.1, -0.05) is 23.7 Å². The van der Waals surface area contributed by atoms with Crippen molar-refractivity contribution in [1.29, 1.82) is 0 Å². The van der Waals surface area contributed by atoms with E-state index in [0.717, 1.165) is 42.1 Å². The number of rotatable bonds is 5. The molecule has 6 nitrogen and oxygen atoms in total. The van der Waals surface area contributed by atoms with E-state index in [0.29, 0.717) is 18.8 Å². The molecular formula is C23H23ClN4O2. The third kappa shape index (κ3) is 4.96. The Morgan fingerprint density at radius 1 is 1.17 bits per heavy atom. The van der Waals surface area contributed by atoms with Crippen molar-refractivity contribution in [2.45, 2.75) is 12.8 Å². The Kier molecular flexibility index (Phi) is 6.57. The summed E-state index contributed by atoms with van der Waals surface area (Å²) >= 11 is 6.02. The van der Waals surface area contributed by atoms with Crippen molar-refractivity contribution < 1.29 is 9.53 Å². The number of benzene rings is 1. The number of amides is 1. The van der Waals surface area contributed by atoms with Gasteiger partial charge in [0.1, 0.15) is 0 Å². The van der Waals surface area contributed by atoms with E-state index in [1.165, 1.54) is 17.5 Å². The molecule has 7 heteroatoms. The molecular weight excluding hydrogens is 400 g/mol. The minimum Gasteiger partial charge on any atom is -0.378 e. The van der Waals surface area contributed by atoms with Crippen molar-refractivity contribution in [2.24, 2.45) is 5.10 Å². The molecule has 154 valence electrons. The molecule has 1 N–H and O–H groups in total. The van der Waals surface area contributed by atoms with Crippen LogP contribution in [-0.4, -0.2) is 48.3 Å². The highest BCUT2D eigenvalue weighted by atomic mass is 35.5. The number of morpholine rings is 1. The molecule has 1 amide bonds. The van der Waals surface area contributed by atoms with Crippen molar-refractivity contribution in [3.8, 4) is 0 Å². The van der Waals surface area contributed by atoms with Crippen molar-refractivity contribution in [1.82, 2.24) is 15.3 Å². The van der Waals surface area contributed by atoms with Gasteiger partial charge in [-0.15, -0.1) is 0 Å². The smallest absolute Gasteiger partial charge is 0.272 e. The molecule has 1 aliphatic heterocycles. The molecule has 30 heavy (non-hydrogen) atoms. The zero-order chi connectivity index (χ0) is 20.8. The summed E-state index contributed by atoms with van der Waals surface area (Å²) in [6.07, 6.45) is 8.92. The highest BCUT2D eigenvalue weighted by Gasteiger charge is 2.25. The Balaban J connectivity index is 1.57. The van der Waals surface area contributed by atoms with E-state index in [1.807, 2.05) is 24.3 Å². The molecule has 0 spiro atoms. The number of nitrogens with one attached hydrogen (secondary N) is 1. The van der Waals surface area contributed by atoms with Gasteiger partial charge in [0.05, 0.1) is 25.0 Å². The zero-order valence-corrected chi connectivity index (χ0v) is 17.3. The van der Waals surface area contributed by atoms with Crippen LogP contribution in [0.1, 0.15) is 28.8 Å². The van der Waals surface area contributed by atoms with Gasteiger partial charge in [-0.2, -0.15) is 5.10 Å². The summed E-state index contributed by atoms with van der Waals surface area (Å²) in [6.45, 7) is 3.10. The molecule has 1 aliphatic carbocycles. The van der Waals surface area contributed by atoms with Gasteiger partial charge < -0.3 is 9.64 Å². The average molecular weight is 423 g/mol. The van der Waals surface area contributed by atoms with Gasteiger partial charge in [-0.25, -0.2) is 5.43 Å². The lowest BCUT2D eigenvalue weighted by molar-refractivity contribution is 0.0548. The van der Waals surface area contributed by atoms with Crippen LogP contribution in [0.4, 0.5) is 0 Å². The summed E-state index contributed by atoms with van der Waals surface area (Å²) < 4.78 is 5.53. The number of pyridine rings is 1. The van der Waals surface area contributed by atoms with Gasteiger partial charge in [0.25, 0.3) is 5.91 Å². The molecule has 4 rings (SSSR count). The fourth-order valence-corrected chi connectivity index (χ4v) is 3.79. The summed E-state index contributed by atoms with van der Waals surface area (Å²) in [5, 5.41) is 4.94. The summed E-state index contributed by atoms with van der Waals surface area (Å²) in [5.41, 5.74) is 7.76. The highest BCUT2D eigenvalue weighted by molar-refractivity contribution is 6.30. The first-order valence-electron chi connectivity index (χ1n) is 9.96. The number of hydrogen-bond donors (Lipinski definition) is 1. The number of carbonyl (C=O) groups is 1. The lowest BCUT2D eigenvalue weighted by Crippen LogP contribution is -2.36. The molecule has 2 aromatic rings. The molecule has 0 saturated carbocycles. The summed E-state index contributed by atoms with van der Waals surface area (Å²) in [7, 11) is 0. The SMILES string of the molecule is O=C(N/N=C\C1=C(N2CCOCC2)C(=C/c2ccc(Cl)cc2)/CC1)c1cccnc1. The molecule has 0 bridgehead atoms. The number of allylic oxidation sites excluding steroid dienone is 2. The lowest BCUT2D eigenvalue weighted by Gasteiger charge is -2.31.